The number of aliphatic hydroxyl groups excluding tert-OH is 1. The van der Waals surface area contributed by atoms with E-state index in [1.54, 1.807) is 42.5 Å². The van der Waals surface area contributed by atoms with Gasteiger partial charge in [-0.2, -0.15) is 0 Å². The summed E-state index contributed by atoms with van der Waals surface area (Å²) in [7, 11) is 3.03. The number of nitrogens with zero attached hydrogens (tertiary/aromatic N) is 3. The van der Waals surface area contributed by atoms with Gasteiger partial charge in [0.25, 0.3) is 5.78 Å². The Morgan fingerprint density at radius 2 is 1.62 bits per heavy atom. The fraction of sp³-hybridized carbons (Fsp3) is 0.189. The number of hydrogen-bond acceptors (Lipinski definition) is 10. The molecule has 4 aromatic carbocycles. The third-order valence-electron chi connectivity index (χ3n) is 8.04. The van der Waals surface area contributed by atoms with Crippen molar-refractivity contribution in [1.29, 1.82) is 0 Å². The van der Waals surface area contributed by atoms with Crippen molar-refractivity contribution < 1.29 is 28.9 Å². The first-order valence-electron chi connectivity index (χ1n) is 15.1. The lowest BCUT2D eigenvalue weighted by Gasteiger charge is -2.23. The van der Waals surface area contributed by atoms with Gasteiger partial charge in [0.1, 0.15) is 18.1 Å². The van der Waals surface area contributed by atoms with Crippen molar-refractivity contribution in [3.05, 3.63) is 130 Å². The first kappa shape index (κ1) is 32.8. The molecule has 1 aromatic heterocycles. The second-order valence-corrected chi connectivity index (χ2v) is 13.3. The fourth-order valence-corrected chi connectivity index (χ4v) is 7.18. The van der Waals surface area contributed by atoms with E-state index in [2.05, 4.69) is 34.5 Å². The molecule has 9 nitrogen and oxygen atoms in total. The molecule has 0 spiro atoms. The van der Waals surface area contributed by atoms with Gasteiger partial charge in [0, 0.05) is 11.3 Å². The van der Waals surface area contributed by atoms with E-state index in [1.807, 2.05) is 38.1 Å². The second-order valence-electron chi connectivity index (χ2n) is 11.1. The van der Waals surface area contributed by atoms with Crippen molar-refractivity contribution in [3.63, 3.8) is 0 Å². The molecular formula is C37H33N3O6S2. The van der Waals surface area contributed by atoms with Crippen molar-refractivity contribution >= 4 is 45.7 Å². The zero-order chi connectivity index (χ0) is 33.8. The van der Waals surface area contributed by atoms with Gasteiger partial charge in [0.2, 0.25) is 5.13 Å². The van der Waals surface area contributed by atoms with Crippen LogP contribution in [0.15, 0.2) is 101 Å². The summed E-state index contributed by atoms with van der Waals surface area (Å²) in [5.74, 6) is 0.164. The Morgan fingerprint density at radius 3 is 2.33 bits per heavy atom. The molecule has 1 fully saturated rings. The Kier molecular flexibility index (Phi) is 9.79. The molecule has 0 aliphatic carbocycles. The molecule has 48 heavy (non-hydrogen) atoms. The molecular weight excluding hydrogens is 647 g/mol. The second kappa shape index (κ2) is 14.3. The normalized spacial score (nSPS) is 15.5. The summed E-state index contributed by atoms with van der Waals surface area (Å²) in [4.78, 5) is 28.7. The molecule has 5 aromatic rings. The summed E-state index contributed by atoms with van der Waals surface area (Å²) < 4.78 is 17.6. The lowest BCUT2D eigenvalue weighted by Crippen LogP contribution is -2.29. The van der Waals surface area contributed by atoms with Crippen LogP contribution in [-0.2, 0) is 21.9 Å². The first-order valence-corrected chi connectivity index (χ1v) is 16.9. The van der Waals surface area contributed by atoms with Crippen LogP contribution in [0, 0.1) is 13.8 Å². The van der Waals surface area contributed by atoms with Crippen molar-refractivity contribution in [3.8, 4) is 17.2 Å². The van der Waals surface area contributed by atoms with Crippen LogP contribution >= 0.6 is 23.1 Å². The topological polar surface area (TPSA) is 111 Å². The van der Waals surface area contributed by atoms with Crippen molar-refractivity contribution in [2.24, 2.45) is 0 Å². The molecule has 244 valence electrons. The molecule has 1 atom stereocenters. The maximum absolute atomic E-state index is 13.7. The number of rotatable bonds is 11. The highest BCUT2D eigenvalue weighted by Gasteiger charge is 2.48. The number of aromatic nitrogens is 2. The summed E-state index contributed by atoms with van der Waals surface area (Å²) >= 11 is 2.70. The van der Waals surface area contributed by atoms with Gasteiger partial charge in [-0.15, -0.1) is 10.2 Å². The monoisotopic (exact) mass is 679 g/mol. The number of benzene rings is 4. The average molecular weight is 680 g/mol. The van der Waals surface area contributed by atoms with Crippen LogP contribution in [0.5, 0.6) is 17.2 Å². The highest BCUT2D eigenvalue weighted by molar-refractivity contribution is 8.00. The van der Waals surface area contributed by atoms with Crippen LogP contribution in [0.2, 0.25) is 0 Å². The highest BCUT2D eigenvalue weighted by Crippen LogP contribution is 2.45. The molecule has 1 aliphatic rings. The molecule has 0 bridgehead atoms. The number of carbonyl (C=O) groups is 2. The van der Waals surface area contributed by atoms with Crippen LogP contribution in [0.4, 0.5) is 5.13 Å². The lowest BCUT2D eigenvalue weighted by atomic mass is 9.95. The number of aryl methyl sites for hydroxylation is 2. The largest absolute Gasteiger partial charge is 0.507 e. The molecule has 0 radical (unpaired) electrons. The van der Waals surface area contributed by atoms with Gasteiger partial charge < -0.3 is 19.3 Å². The van der Waals surface area contributed by atoms with E-state index in [-0.39, 0.29) is 16.5 Å². The standard InChI is InChI=1S/C37H33N3O6S2/c1-22-9-11-24(12-10-22)21-47-37-39-38-36(48-37)40-32(26-15-18-29(44-3)30(19-26)45-4)31(34(42)35(40)43)33(41)25-13-16-28(17-14-25)46-20-27-8-6-5-7-23(27)2/h5-19,32,41H,20-21H2,1-4H3/b33-31+. The molecule has 0 saturated carbocycles. The molecule has 2 heterocycles. The number of amides is 1. The molecule has 1 unspecified atom stereocenters. The zero-order valence-electron chi connectivity index (χ0n) is 26.8. The fourth-order valence-electron chi connectivity index (χ4n) is 5.35. The number of Topliss-reactive ketones (excluding diaryl/α,β-unsaturated/α-hetero) is 1. The van der Waals surface area contributed by atoms with Crippen LogP contribution in [0.1, 0.15) is 39.4 Å². The predicted octanol–water partition coefficient (Wildman–Crippen LogP) is 7.67. The molecule has 1 aliphatic heterocycles. The summed E-state index contributed by atoms with van der Waals surface area (Å²) in [6.45, 7) is 4.45. The average Bonchev–Trinajstić information content (AvgIpc) is 3.68. The van der Waals surface area contributed by atoms with E-state index >= 15 is 0 Å². The number of carbonyl (C=O) groups excluding carboxylic acids is 2. The summed E-state index contributed by atoms with van der Waals surface area (Å²) in [6.07, 6.45) is 0. The molecule has 11 heteroatoms. The van der Waals surface area contributed by atoms with Crippen LogP contribution in [0.25, 0.3) is 5.76 Å². The van der Waals surface area contributed by atoms with E-state index in [4.69, 9.17) is 14.2 Å². The van der Waals surface area contributed by atoms with Gasteiger partial charge in [0.15, 0.2) is 15.8 Å². The minimum Gasteiger partial charge on any atom is -0.507 e. The summed E-state index contributed by atoms with van der Waals surface area (Å²) in [5.41, 5.74) is 5.29. The predicted molar refractivity (Wildman–Crippen MR) is 187 cm³/mol. The summed E-state index contributed by atoms with van der Waals surface area (Å²) in [6, 6.07) is 27.0. The van der Waals surface area contributed by atoms with Crippen molar-refractivity contribution in [2.75, 3.05) is 19.1 Å². The van der Waals surface area contributed by atoms with Crippen molar-refractivity contribution in [1.82, 2.24) is 10.2 Å². The Bertz CT molecular complexity index is 1990. The van der Waals surface area contributed by atoms with Crippen molar-refractivity contribution in [2.45, 2.75) is 36.6 Å². The first-order chi connectivity index (χ1) is 23.3. The zero-order valence-corrected chi connectivity index (χ0v) is 28.4. The van der Waals surface area contributed by atoms with E-state index in [0.29, 0.717) is 45.1 Å². The van der Waals surface area contributed by atoms with Gasteiger partial charge in [0.05, 0.1) is 25.8 Å². The van der Waals surface area contributed by atoms with Crippen LogP contribution < -0.4 is 19.1 Å². The number of anilines is 1. The van der Waals surface area contributed by atoms with Gasteiger partial charge in [-0.1, -0.05) is 83.3 Å². The van der Waals surface area contributed by atoms with E-state index in [1.165, 1.54) is 47.8 Å². The Labute approximate surface area is 286 Å². The minimum absolute atomic E-state index is 0.0788. The van der Waals surface area contributed by atoms with Gasteiger partial charge in [-0.3, -0.25) is 14.5 Å². The van der Waals surface area contributed by atoms with E-state index in [9.17, 15) is 14.7 Å². The summed E-state index contributed by atoms with van der Waals surface area (Å²) in [5, 5.41) is 20.5. The van der Waals surface area contributed by atoms with Crippen LogP contribution in [0.3, 0.4) is 0 Å². The lowest BCUT2D eigenvalue weighted by molar-refractivity contribution is -0.132. The number of aliphatic hydroxyl groups is 1. The Morgan fingerprint density at radius 1 is 0.896 bits per heavy atom. The number of methoxy groups -OCH3 is 2. The third kappa shape index (κ3) is 6.78. The van der Waals surface area contributed by atoms with Gasteiger partial charge >= 0.3 is 5.91 Å². The molecule has 1 saturated heterocycles. The Hall–Kier alpha value is -5.13. The maximum atomic E-state index is 13.7. The third-order valence-corrected chi connectivity index (χ3v) is 10.2. The smallest absolute Gasteiger partial charge is 0.301 e. The van der Waals surface area contributed by atoms with E-state index in [0.717, 1.165) is 16.7 Å². The number of thioether (sulfide) groups is 1. The number of ether oxygens (including phenoxy) is 3. The molecule has 1 N–H and O–H groups in total. The van der Waals surface area contributed by atoms with Gasteiger partial charge in [-0.05, 0) is 72.5 Å². The molecule has 6 rings (SSSR count). The minimum atomic E-state index is -1.01. The highest BCUT2D eigenvalue weighted by atomic mass is 32.2. The Balaban J connectivity index is 1.34. The maximum Gasteiger partial charge on any atom is 0.301 e. The van der Waals surface area contributed by atoms with E-state index < -0.39 is 17.7 Å². The quantitative estimate of drug-likeness (QED) is 0.0494. The number of hydrogen-bond donors (Lipinski definition) is 1. The SMILES string of the molecule is COc1ccc(C2/C(=C(\O)c3ccc(OCc4ccccc4C)cc3)C(=O)C(=O)N2c2nnc(SCc3ccc(C)cc3)s2)cc1OC. The van der Waals surface area contributed by atoms with Gasteiger partial charge in [-0.25, -0.2) is 0 Å². The molecule has 1 amide bonds. The number of ketones is 1. The van der Waals surface area contributed by atoms with Crippen LogP contribution in [-0.4, -0.2) is 41.2 Å².